The predicted molar refractivity (Wildman–Crippen MR) is 127 cm³/mol. The van der Waals surface area contributed by atoms with E-state index in [2.05, 4.69) is 46.3 Å². The average Bonchev–Trinajstić information content (AvgIpc) is 2.75. The molecule has 1 aliphatic heterocycles. The Hall–Kier alpha value is -2.57. The van der Waals surface area contributed by atoms with E-state index in [4.69, 9.17) is 11.6 Å². The van der Waals surface area contributed by atoms with Crippen LogP contribution in [0.1, 0.15) is 43.0 Å². The van der Waals surface area contributed by atoms with Crippen LogP contribution in [0.25, 0.3) is 5.70 Å². The molecule has 1 unspecified atom stereocenters. The summed E-state index contributed by atoms with van der Waals surface area (Å²) in [6.07, 6.45) is 5.64. The number of aryl methyl sites for hydroxylation is 1. The molecule has 0 saturated carbocycles. The fourth-order valence-corrected chi connectivity index (χ4v) is 3.74. The van der Waals surface area contributed by atoms with Crippen molar-refractivity contribution in [2.45, 2.75) is 45.3 Å². The molecule has 1 aromatic heterocycles. The van der Waals surface area contributed by atoms with Crippen molar-refractivity contribution < 1.29 is 4.39 Å². The van der Waals surface area contributed by atoms with Crippen molar-refractivity contribution in [3.63, 3.8) is 0 Å². The molecule has 1 atom stereocenters. The lowest BCUT2D eigenvalue weighted by molar-refractivity contribution is 0.594. The minimum absolute atomic E-state index is 0.00236. The van der Waals surface area contributed by atoms with Crippen molar-refractivity contribution in [2.24, 2.45) is 0 Å². The Labute approximate surface area is 189 Å². The van der Waals surface area contributed by atoms with E-state index in [1.54, 1.807) is 18.3 Å². The minimum atomic E-state index is -0.395. The highest BCUT2D eigenvalue weighted by molar-refractivity contribution is 6.30. The van der Waals surface area contributed by atoms with Gasteiger partial charge in [-0.2, -0.15) is 0 Å². The number of hydrogen-bond acceptors (Lipinski definition) is 5. The minimum Gasteiger partial charge on any atom is -0.388 e. The number of fused-ring (bicyclic) bond motifs is 1. The zero-order valence-corrected chi connectivity index (χ0v) is 18.8. The van der Waals surface area contributed by atoms with E-state index < -0.39 is 5.82 Å². The summed E-state index contributed by atoms with van der Waals surface area (Å²) in [5, 5.41) is 13.9. The normalized spacial score (nSPS) is 15.1. The monoisotopic (exact) mass is 443 g/mol. The van der Waals surface area contributed by atoms with Gasteiger partial charge in [0.05, 0.1) is 22.6 Å². The first-order valence-corrected chi connectivity index (χ1v) is 11.1. The molecule has 5 nitrogen and oxygen atoms in total. The molecule has 0 aliphatic carbocycles. The molecule has 1 aromatic carbocycles. The number of aromatic nitrogens is 1. The lowest BCUT2D eigenvalue weighted by Gasteiger charge is -2.32. The summed E-state index contributed by atoms with van der Waals surface area (Å²) < 4.78 is 13.4. The van der Waals surface area contributed by atoms with E-state index in [1.807, 2.05) is 6.07 Å². The molecule has 1 aliphatic rings. The third-order valence-electron chi connectivity index (χ3n) is 5.26. The quantitative estimate of drug-likeness (QED) is 0.375. The van der Waals surface area contributed by atoms with Crippen LogP contribution < -0.4 is 21.3 Å². The van der Waals surface area contributed by atoms with Gasteiger partial charge in [0, 0.05) is 42.8 Å². The van der Waals surface area contributed by atoms with Gasteiger partial charge >= 0.3 is 0 Å². The van der Waals surface area contributed by atoms with Crippen molar-refractivity contribution in [1.82, 2.24) is 20.9 Å². The van der Waals surface area contributed by atoms with Gasteiger partial charge in [0.2, 0.25) is 0 Å². The van der Waals surface area contributed by atoms with E-state index >= 15 is 0 Å². The van der Waals surface area contributed by atoms with Gasteiger partial charge in [0.25, 0.3) is 0 Å². The van der Waals surface area contributed by atoms with Gasteiger partial charge in [-0.3, -0.25) is 4.98 Å². The SMILES string of the molecule is C=C(CNCc1nccc2c1NC(CCc1ccc(F)c(Cl)c1)NC2=C)NCCCC. The number of unbranched alkanes of at least 4 members (excludes halogenated alkanes) is 1. The number of hydrogen-bond donors (Lipinski definition) is 4. The molecule has 0 fully saturated rings. The molecule has 0 radical (unpaired) electrons. The molecule has 2 heterocycles. The summed E-state index contributed by atoms with van der Waals surface area (Å²) in [6, 6.07) is 6.82. The molecule has 0 bridgehead atoms. The molecule has 166 valence electrons. The molecule has 2 aromatic rings. The largest absolute Gasteiger partial charge is 0.388 e. The second-order valence-corrected chi connectivity index (χ2v) is 8.18. The summed E-state index contributed by atoms with van der Waals surface area (Å²) >= 11 is 5.91. The molecule has 0 spiro atoms. The molecule has 3 rings (SSSR count). The van der Waals surface area contributed by atoms with Gasteiger partial charge in [0.1, 0.15) is 5.82 Å². The van der Waals surface area contributed by atoms with Crippen molar-refractivity contribution in [2.75, 3.05) is 18.4 Å². The molecular formula is C24H31ClFN5. The Balaban J connectivity index is 1.58. The molecule has 0 saturated heterocycles. The summed E-state index contributed by atoms with van der Waals surface area (Å²) in [6.45, 7) is 12.7. The van der Waals surface area contributed by atoms with E-state index in [-0.39, 0.29) is 11.2 Å². The molecule has 0 amide bonds. The van der Waals surface area contributed by atoms with Crippen LogP contribution in [0.5, 0.6) is 0 Å². The number of benzene rings is 1. The lowest BCUT2D eigenvalue weighted by atomic mass is 10.0. The number of nitrogens with zero attached hydrogens (tertiary/aromatic N) is 1. The summed E-state index contributed by atoms with van der Waals surface area (Å²) in [5.74, 6) is -0.395. The van der Waals surface area contributed by atoms with Crippen molar-refractivity contribution >= 4 is 23.0 Å². The standard InChI is InChI=1S/C24H31ClFN5/c1-4-5-11-28-16(2)14-27-15-22-24-19(10-12-29-22)17(3)30-23(31-24)9-7-18-6-8-21(26)20(25)13-18/h6,8,10,12-13,23,27-28,30-31H,2-5,7,9,11,14-15H2,1H3. The third kappa shape index (κ3) is 6.45. The molecular weight excluding hydrogens is 413 g/mol. The predicted octanol–water partition coefficient (Wildman–Crippen LogP) is 4.81. The summed E-state index contributed by atoms with van der Waals surface area (Å²) in [5.41, 5.74) is 5.79. The van der Waals surface area contributed by atoms with Crippen molar-refractivity contribution in [3.05, 3.63) is 77.0 Å². The zero-order valence-electron chi connectivity index (χ0n) is 18.0. The van der Waals surface area contributed by atoms with Crippen LogP contribution in [-0.4, -0.2) is 24.2 Å². The van der Waals surface area contributed by atoms with Crippen LogP contribution in [0.4, 0.5) is 10.1 Å². The highest BCUT2D eigenvalue weighted by Gasteiger charge is 2.22. The Kier molecular flexibility index (Phi) is 8.32. The second kappa shape index (κ2) is 11.2. The third-order valence-corrected chi connectivity index (χ3v) is 5.55. The molecule has 4 N–H and O–H groups in total. The highest BCUT2D eigenvalue weighted by atomic mass is 35.5. The first-order valence-electron chi connectivity index (χ1n) is 10.7. The van der Waals surface area contributed by atoms with Crippen LogP contribution in [-0.2, 0) is 13.0 Å². The maximum Gasteiger partial charge on any atom is 0.141 e. The fraction of sp³-hybridized carbons (Fsp3) is 0.375. The Bertz CT molecular complexity index is 930. The summed E-state index contributed by atoms with van der Waals surface area (Å²) in [7, 11) is 0. The van der Waals surface area contributed by atoms with Crippen molar-refractivity contribution in [3.8, 4) is 0 Å². The average molecular weight is 444 g/mol. The van der Waals surface area contributed by atoms with E-state index in [0.29, 0.717) is 13.1 Å². The maximum atomic E-state index is 13.4. The van der Waals surface area contributed by atoms with E-state index in [9.17, 15) is 4.39 Å². The number of halogens is 2. The topological polar surface area (TPSA) is 61.0 Å². The number of pyridine rings is 1. The van der Waals surface area contributed by atoms with Gasteiger partial charge < -0.3 is 21.3 Å². The second-order valence-electron chi connectivity index (χ2n) is 7.77. The Morgan fingerprint density at radius 2 is 2.13 bits per heavy atom. The van der Waals surface area contributed by atoms with Crippen LogP contribution >= 0.6 is 11.6 Å². The van der Waals surface area contributed by atoms with Crippen LogP contribution in [0.3, 0.4) is 0 Å². The van der Waals surface area contributed by atoms with Crippen molar-refractivity contribution in [1.29, 1.82) is 0 Å². The summed E-state index contributed by atoms with van der Waals surface area (Å²) in [4.78, 5) is 4.57. The number of nitrogens with one attached hydrogen (secondary N) is 4. The van der Waals surface area contributed by atoms with Gasteiger partial charge in [-0.15, -0.1) is 0 Å². The maximum absolute atomic E-state index is 13.4. The van der Waals surface area contributed by atoms with Gasteiger partial charge in [-0.1, -0.05) is 44.2 Å². The first-order chi connectivity index (χ1) is 15.0. The van der Waals surface area contributed by atoms with E-state index in [1.165, 1.54) is 6.07 Å². The van der Waals surface area contributed by atoms with Gasteiger partial charge in [-0.25, -0.2) is 4.39 Å². The number of rotatable bonds is 11. The van der Waals surface area contributed by atoms with Crippen LogP contribution in [0, 0.1) is 5.82 Å². The zero-order chi connectivity index (χ0) is 22.2. The fourth-order valence-electron chi connectivity index (χ4n) is 3.54. The Morgan fingerprint density at radius 3 is 2.90 bits per heavy atom. The van der Waals surface area contributed by atoms with Gasteiger partial charge in [0.15, 0.2) is 0 Å². The lowest BCUT2D eigenvalue weighted by Crippen LogP contribution is -2.40. The Morgan fingerprint density at radius 1 is 1.29 bits per heavy atom. The highest BCUT2D eigenvalue weighted by Crippen LogP contribution is 2.30. The first kappa shape index (κ1) is 23.1. The van der Waals surface area contributed by atoms with Crippen LogP contribution in [0.15, 0.2) is 49.3 Å². The van der Waals surface area contributed by atoms with Gasteiger partial charge in [-0.05, 0) is 43.0 Å². The molecule has 7 heteroatoms. The molecule has 31 heavy (non-hydrogen) atoms. The van der Waals surface area contributed by atoms with Crippen LogP contribution in [0.2, 0.25) is 5.02 Å². The number of anilines is 1. The van der Waals surface area contributed by atoms with E-state index in [0.717, 1.165) is 66.1 Å². The smallest absolute Gasteiger partial charge is 0.141 e.